The van der Waals surface area contributed by atoms with Gasteiger partial charge in [0.25, 0.3) is 0 Å². The molecule has 0 spiro atoms. The summed E-state index contributed by atoms with van der Waals surface area (Å²) in [4.78, 5) is 28.4. The number of aryl methyl sites for hydroxylation is 1. The van der Waals surface area contributed by atoms with Crippen LogP contribution in [0.5, 0.6) is 0 Å². The van der Waals surface area contributed by atoms with Gasteiger partial charge in [-0.1, -0.05) is 41.4 Å². The summed E-state index contributed by atoms with van der Waals surface area (Å²) >= 11 is 5.89. The highest BCUT2D eigenvalue weighted by atomic mass is 35.5. The zero-order valence-electron chi connectivity index (χ0n) is 14.4. The fourth-order valence-corrected chi connectivity index (χ4v) is 3.23. The van der Waals surface area contributed by atoms with E-state index in [1.165, 1.54) is 0 Å². The van der Waals surface area contributed by atoms with E-state index in [-0.39, 0.29) is 24.2 Å². The number of halogens is 1. The molecule has 2 amide bonds. The second-order valence-electron chi connectivity index (χ2n) is 6.56. The number of benzene rings is 2. The molecule has 2 aromatic carbocycles. The van der Waals surface area contributed by atoms with Crippen LogP contribution in [0.25, 0.3) is 0 Å². The number of rotatable bonds is 4. The van der Waals surface area contributed by atoms with E-state index in [2.05, 4.69) is 0 Å². The van der Waals surface area contributed by atoms with Crippen molar-refractivity contribution >= 4 is 29.1 Å². The van der Waals surface area contributed by atoms with Crippen molar-refractivity contribution in [2.24, 2.45) is 5.92 Å². The van der Waals surface area contributed by atoms with Gasteiger partial charge in [-0.15, -0.1) is 0 Å². The Hall–Kier alpha value is -2.33. The van der Waals surface area contributed by atoms with E-state index in [0.29, 0.717) is 18.1 Å². The average Bonchev–Trinajstić information content (AvgIpc) is 2.98. The van der Waals surface area contributed by atoms with E-state index in [1.54, 1.807) is 16.8 Å². The molecule has 1 unspecified atom stereocenters. The minimum Gasteiger partial charge on any atom is -0.341 e. The molecule has 0 bridgehead atoms. The molecule has 1 aliphatic heterocycles. The molecule has 4 nitrogen and oxygen atoms in total. The second kappa shape index (κ2) is 7.28. The zero-order valence-corrected chi connectivity index (χ0v) is 15.2. The highest BCUT2D eigenvalue weighted by molar-refractivity contribution is 6.30. The molecule has 1 fully saturated rings. The van der Waals surface area contributed by atoms with Crippen LogP contribution in [-0.4, -0.2) is 30.3 Å². The van der Waals surface area contributed by atoms with Gasteiger partial charge in [0.2, 0.25) is 11.8 Å². The van der Waals surface area contributed by atoms with E-state index in [1.807, 2.05) is 55.5 Å². The Labute approximate surface area is 153 Å². The van der Waals surface area contributed by atoms with Crippen molar-refractivity contribution in [1.29, 1.82) is 0 Å². The van der Waals surface area contributed by atoms with Gasteiger partial charge in [-0.05, 0) is 36.8 Å². The van der Waals surface area contributed by atoms with Gasteiger partial charge in [-0.3, -0.25) is 9.59 Å². The van der Waals surface area contributed by atoms with Crippen LogP contribution in [0.2, 0.25) is 5.02 Å². The van der Waals surface area contributed by atoms with Gasteiger partial charge in [0.15, 0.2) is 0 Å². The summed E-state index contributed by atoms with van der Waals surface area (Å²) in [7, 11) is 1.77. The highest BCUT2D eigenvalue weighted by Crippen LogP contribution is 2.26. The van der Waals surface area contributed by atoms with Crippen LogP contribution in [-0.2, 0) is 16.1 Å². The average molecular weight is 357 g/mol. The summed E-state index contributed by atoms with van der Waals surface area (Å²) < 4.78 is 0. The van der Waals surface area contributed by atoms with Gasteiger partial charge in [0, 0.05) is 37.3 Å². The number of carbonyl (C=O) groups excluding carboxylic acids is 2. The largest absolute Gasteiger partial charge is 0.341 e. The van der Waals surface area contributed by atoms with Gasteiger partial charge >= 0.3 is 0 Å². The van der Waals surface area contributed by atoms with Crippen molar-refractivity contribution < 1.29 is 9.59 Å². The van der Waals surface area contributed by atoms with Gasteiger partial charge in [-0.2, -0.15) is 0 Å². The van der Waals surface area contributed by atoms with E-state index in [4.69, 9.17) is 11.6 Å². The summed E-state index contributed by atoms with van der Waals surface area (Å²) in [5.74, 6) is -0.300. The van der Waals surface area contributed by atoms with Crippen LogP contribution in [0.1, 0.15) is 17.5 Å². The van der Waals surface area contributed by atoms with Crippen molar-refractivity contribution in [3.63, 3.8) is 0 Å². The van der Waals surface area contributed by atoms with E-state index in [9.17, 15) is 9.59 Å². The molecule has 0 aliphatic carbocycles. The molecule has 130 valence electrons. The SMILES string of the molecule is Cc1ccc(N2CC(C(=O)N(C)Cc3ccc(Cl)cc3)CC2=O)cc1. The quantitative estimate of drug-likeness (QED) is 0.838. The first-order valence-corrected chi connectivity index (χ1v) is 8.68. The molecule has 2 aromatic rings. The fraction of sp³-hybridized carbons (Fsp3) is 0.300. The van der Waals surface area contributed by atoms with Gasteiger partial charge < -0.3 is 9.80 Å². The Balaban J connectivity index is 1.65. The van der Waals surface area contributed by atoms with Crippen LogP contribution < -0.4 is 4.90 Å². The Kier molecular flexibility index (Phi) is 5.09. The number of amides is 2. The predicted octanol–water partition coefficient (Wildman–Crippen LogP) is 3.66. The first kappa shape index (κ1) is 17.5. The second-order valence-corrected chi connectivity index (χ2v) is 7.00. The van der Waals surface area contributed by atoms with E-state index < -0.39 is 0 Å². The third-order valence-electron chi connectivity index (χ3n) is 4.53. The molecule has 0 radical (unpaired) electrons. The maximum absolute atomic E-state index is 12.7. The van der Waals surface area contributed by atoms with Gasteiger partial charge in [0.1, 0.15) is 0 Å². The normalized spacial score (nSPS) is 17.0. The number of carbonyl (C=O) groups is 2. The summed E-state index contributed by atoms with van der Waals surface area (Å²) in [6.07, 6.45) is 0.262. The van der Waals surface area contributed by atoms with Crippen molar-refractivity contribution in [1.82, 2.24) is 4.90 Å². The first-order chi connectivity index (χ1) is 11.9. The lowest BCUT2D eigenvalue weighted by Crippen LogP contribution is -2.34. The topological polar surface area (TPSA) is 40.6 Å². The molecule has 0 N–H and O–H groups in total. The van der Waals surface area contributed by atoms with Crippen LogP contribution in [0, 0.1) is 12.8 Å². The molecule has 0 saturated carbocycles. The molecule has 1 atom stereocenters. The zero-order chi connectivity index (χ0) is 18.0. The number of hydrogen-bond acceptors (Lipinski definition) is 2. The Morgan fingerprint density at radius 1 is 1.16 bits per heavy atom. The predicted molar refractivity (Wildman–Crippen MR) is 99.6 cm³/mol. The fourth-order valence-electron chi connectivity index (χ4n) is 3.10. The summed E-state index contributed by atoms with van der Waals surface area (Å²) in [5.41, 5.74) is 3.01. The minimum atomic E-state index is -0.300. The standard InChI is InChI=1S/C20H21ClN2O2/c1-14-3-9-18(10-4-14)23-13-16(11-19(23)24)20(25)22(2)12-15-5-7-17(21)8-6-15/h3-10,16H,11-13H2,1-2H3. The lowest BCUT2D eigenvalue weighted by Gasteiger charge is -2.21. The molecule has 0 aromatic heterocycles. The maximum Gasteiger partial charge on any atom is 0.228 e. The molecular weight excluding hydrogens is 336 g/mol. The molecule has 3 rings (SSSR count). The Morgan fingerprint density at radius 3 is 2.44 bits per heavy atom. The van der Waals surface area contributed by atoms with Crippen molar-refractivity contribution in [2.45, 2.75) is 19.9 Å². The van der Waals surface area contributed by atoms with Crippen molar-refractivity contribution in [2.75, 3.05) is 18.5 Å². The monoisotopic (exact) mass is 356 g/mol. The first-order valence-electron chi connectivity index (χ1n) is 8.30. The van der Waals surface area contributed by atoms with Crippen molar-refractivity contribution in [3.05, 3.63) is 64.7 Å². The summed E-state index contributed by atoms with van der Waals surface area (Å²) in [6, 6.07) is 15.2. The van der Waals surface area contributed by atoms with Crippen LogP contribution >= 0.6 is 11.6 Å². The Morgan fingerprint density at radius 2 is 1.80 bits per heavy atom. The van der Waals surface area contributed by atoms with Crippen LogP contribution in [0.15, 0.2) is 48.5 Å². The van der Waals surface area contributed by atoms with E-state index in [0.717, 1.165) is 16.8 Å². The maximum atomic E-state index is 12.7. The molecule has 5 heteroatoms. The lowest BCUT2D eigenvalue weighted by atomic mass is 10.1. The third kappa shape index (κ3) is 4.02. The summed E-state index contributed by atoms with van der Waals surface area (Å²) in [5, 5.41) is 0.674. The molecule has 25 heavy (non-hydrogen) atoms. The number of anilines is 1. The molecule has 1 heterocycles. The molecule has 1 saturated heterocycles. The number of nitrogens with zero attached hydrogens (tertiary/aromatic N) is 2. The molecular formula is C20H21ClN2O2. The lowest BCUT2D eigenvalue weighted by molar-refractivity contribution is -0.135. The molecule has 1 aliphatic rings. The van der Waals surface area contributed by atoms with Crippen LogP contribution in [0.3, 0.4) is 0 Å². The van der Waals surface area contributed by atoms with Crippen LogP contribution in [0.4, 0.5) is 5.69 Å². The highest BCUT2D eigenvalue weighted by Gasteiger charge is 2.36. The van der Waals surface area contributed by atoms with Crippen molar-refractivity contribution in [3.8, 4) is 0 Å². The van der Waals surface area contributed by atoms with Gasteiger partial charge in [0.05, 0.1) is 5.92 Å². The Bertz CT molecular complexity index is 771. The minimum absolute atomic E-state index is 0.00193. The third-order valence-corrected chi connectivity index (χ3v) is 4.78. The summed E-state index contributed by atoms with van der Waals surface area (Å²) in [6.45, 7) is 2.95. The van der Waals surface area contributed by atoms with Gasteiger partial charge in [-0.25, -0.2) is 0 Å². The van der Waals surface area contributed by atoms with E-state index >= 15 is 0 Å². The smallest absolute Gasteiger partial charge is 0.228 e. The number of hydrogen-bond donors (Lipinski definition) is 0.